The zero-order valence-electron chi connectivity index (χ0n) is 14.8. The quantitative estimate of drug-likeness (QED) is 0.679. The molecule has 0 unspecified atom stereocenters. The minimum atomic E-state index is -4.40. The van der Waals surface area contributed by atoms with E-state index in [0.717, 1.165) is 23.3 Å². The summed E-state index contributed by atoms with van der Waals surface area (Å²) in [7, 11) is 0. The molecule has 0 bridgehead atoms. The van der Waals surface area contributed by atoms with Crippen LogP contribution in [-0.4, -0.2) is 20.8 Å². The lowest BCUT2D eigenvalue weighted by Gasteiger charge is -2.11. The van der Waals surface area contributed by atoms with Crippen molar-refractivity contribution in [2.75, 3.05) is 0 Å². The minimum absolute atomic E-state index is 0.00654. The maximum Gasteiger partial charge on any atom is 0.416 e. The summed E-state index contributed by atoms with van der Waals surface area (Å²) in [5.74, 6) is 0. The lowest BCUT2D eigenvalue weighted by molar-refractivity contribution is -0.137. The Balaban J connectivity index is 1.45. The zero-order valence-corrected chi connectivity index (χ0v) is 14.8. The van der Waals surface area contributed by atoms with Gasteiger partial charge in [0.25, 0.3) is 0 Å². The standard InChI is InChI=1S/C19H18F3N5O/c20-19(21,22)17-3-1-2-16(8-17)10-25-18(28)24-9-14-4-6-15(7-5-14)11-27-13-23-12-26-27/h1-8,12-13H,9-11H2,(H2,24,25,28). The van der Waals surface area contributed by atoms with E-state index in [1.165, 1.54) is 18.5 Å². The van der Waals surface area contributed by atoms with Crippen molar-refractivity contribution in [3.05, 3.63) is 83.4 Å². The normalized spacial score (nSPS) is 11.2. The monoisotopic (exact) mass is 389 g/mol. The number of benzene rings is 2. The van der Waals surface area contributed by atoms with Crippen LogP contribution in [0.25, 0.3) is 0 Å². The maximum atomic E-state index is 12.7. The molecule has 0 spiro atoms. The van der Waals surface area contributed by atoms with E-state index >= 15 is 0 Å². The Morgan fingerprint density at radius 3 is 2.29 bits per heavy atom. The summed E-state index contributed by atoms with van der Waals surface area (Å²) in [5.41, 5.74) is 1.58. The first-order valence-corrected chi connectivity index (χ1v) is 8.48. The number of halogens is 3. The number of nitrogens with one attached hydrogen (secondary N) is 2. The highest BCUT2D eigenvalue weighted by atomic mass is 19.4. The Labute approximate surface area is 159 Å². The Morgan fingerprint density at radius 2 is 1.64 bits per heavy atom. The summed E-state index contributed by atoms with van der Waals surface area (Å²) in [5, 5.41) is 9.27. The predicted octanol–water partition coefficient (Wildman–Crippen LogP) is 3.34. The van der Waals surface area contributed by atoms with Gasteiger partial charge in [0, 0.05) is 13.1 Å². The lowest BCUT2D eigenvalue weighted by Crippen LogP contribution is -2.34. The molecule has 0 saturated carbocycles. The van der Waals surface area contributed by atoms with Gasteiger partial charge >= 0.3 is 12.2 Å². The number of carbonyl (C=O) groups is 1. The Morgan fingerprint density at radius 1 is 0.964 bits per heavy atom. The van der Waals surface area contributed by atoms with Gasteiger partial charge in [-0.05, 0) is 28.8 Å². The number of nitrogens with zero attached hydrogens (tertiary/aromatic N) is 3. The van der Waals surface area contributed by atoms with Crippen LogP contribution in [0.1, 0.15) is 22.3 Å². The number of hydrogen-bond donors (Lipinski definition) is 2. The Bertz CT molecular complexity index is 908. The molecule has 9 heteroatoms. The van der Waals surface area contributed by atoms with Crippen molar-refractivity contribution >= 4 is 6.03 Å². The summed E-state index contributed by atoms with van der Waals surface area (Å²) < 4.78 is 39.8. The van der Waals surface area contributed by atoms with Crippen molar-refractivity contribution in [3.63, 3.8) is 0 Å². The molecule has 0 atom stereocenters. The molecular formula is C19H18F3N5O. The lowest BCUT2D eigenvalue weighted by atomic mass is 10.1. The van der Waals surface area contributed by atoms with E-state index in [1.54, 1.807) is 11.0 Å². The van der Waals surface area contributed by atoms with Crippen molar-refractivity contribution in [1.82, 2.24) is 25.4 Å². The fourth-order valence-corrected chi connectivity index (χ4v) is 2.55. The summed E-state index contributed by atoms with van der Waals surface area (Å²) in [6.07, 6.45) is -1.31. The van der Waals surface area contributed by atoms with E-state index in [-0.39, 0.29) is 6.54 Å². The van der Waals surface area contributed by atoms with Gasteiger partial charge in [-0.15, -0.1) is 0 Å². The first-order chi connectivity index (χ1) is 13.4. The van der Waals surface area contributed by atoms with Gasteiger partial charge in [-0.1, -0.05) is 36.4 Å². The molecule has 0 saturated heterocycles. The summed E-state index contributed by atoms with van der Waals surface area (Å²) in [6, 6.07) is 12.0. The second-order valence-corrected chi connectivity index (χ2v) is 6.14. The molecule has 146 valence electrons. The smallest absolute Gasteiger partial charge is 0.334 e. The highest BCUT2D eigenvalue weighted by molar-refractivity contribution is 5.73. The third-order valence-electron chi connectivity index (χ3n) is 3.99. The minimum Gasteiger partial charge on any atom is -0.334 e. The van der Waals surface area contributed by atoms with Crippen molar-refractivity contribution in [2.24, 2.45) is 0 Å². The van der Waals surface area contributed by atoms with Crippen LogP contribution in [0, 0.1) is 0 Å². The van der Waals surface area contributed by atoms with Crippen LogP contribution in [-0.2, 0) is 25.8 Å². The zero-order chi connectivity index (χ0) is 20.0. The third-order valence-corrected chi connectivity index (χ3v) is 3.99. The number of hydrogen-bond acceptors (Lipinski definition) is 3. The van der Waals surface area contributed by atoms with E-state index in [1.807, 2.05) is 24.3 Å². The van der Waals surface area contributed by atoms with Gasteiger partial charge < -0.3 is 10.6 Å². The van der Waals surface area contributed by atoms with Gasteiger partial charge in [0.2, 0.25) is 0 Å². The second kappa shape index (κ2) is 8.55. The SMILES string of the molecule is O=C(NCc1ccc(Cn2cncn2)cc1)NCc1cccc(C(F)(F)F)c1. The van der Waals surface area contributed by atoms with E-state index in [9.17, 15) is 18.0 Å². The molecule has 1 heterocycles. The molecule has 0 aliphatic heterocycles. The highest BCUT2D eigenvalue weighted by Crippen LogP contribution is 2.29. The third kappa shape index (κ3) is 5.57. The van der Waals surface area contributed by atoms with Crippen molar-refractivity contribution < 1.29 is 18.0 Å². The number of amides is 2. The Kier molecular flexibility index (Phi) is 5.93. The van der Waals surface area contributed by atoms with Gasteiger partial charge in [-0.3, -0.25) is 0 Å². The molecular weight excluding hydrogens is 371 g/mol. The molecule has 3 rings (SSSR count). The molecule has 2 amide bonds. The Hall–Kier alpha value is -3.36. The van der Waals surface area contributed by atoms with Crippen LogP contribution < -0.4 is 10.6 Å². The topological polar surface area (TPSA) is 71.8 Å². The molecule has 0 aliphatic carbocycles. The summed E-state index contributed by atoms with van der Waals surface area (Å²) in [6.45, 7) is 0.913. The van der Waals surface area contributed by atoms with E-state index in [4.69, 9.17) is 0 Å². The van der Waals surface area contributed by atoms with Crippen LogP contribution in [0.5, 0.6) is 0 Å². The van der Waals surface area contributed by atoms with E-state index in [2.05, 4.69) is 20.7 Å². The van der Waals surface area contributed by atoms with Crippen LogP contribution in [0.2, 0.25) is 0 Å². The van der Waals surface area contributed by atoms with Crippen LogP contribution in [0.3, 0.4) is 0 Å². The average Bonchev–Trinajstić information content (AvgIpc) is 3.18. The first kappa shape index (κ1) is 19.4. The van der Waals surface area contributed by atoms with Gasteiger partial charge in [-0.2, -0.15) is 18.3 Å². The number of alkyl halides is 3. The number of rotatable bonds is 6. The first-order valence-electron chi connectivity index (χ1n) is 8.48. The number of urea groups is 1. The highest BCUT2D eigenvalue weighted by Gasteiger charge is 2.30. The van der Waals surface area contributed by atoms with Crippen LogP contribution >= 0.6 is 0 Å². The number of aromatic nitrogens is 3. The van der Waals surface area contributed by atoms with Crippen molar-refractivity contribution in [2.45, 2.75) is 25.8 Å². The van der Waals surface area contributed by atoms with Crippen LogP contribution in [0.4, 0.5) is 18.0 Å². The summed E-state index contributed by atoms with van der Waals surface area (Å²) in [4.78, 5) is 15.8. The molecule has 1 aromatic heterocycles. The van der Waals surface area contributed by atoms with Gasteiger partial charge in [0.05, 0.1) is 12.1 Å². The largest absolute Gasteiger partial charge is 0.416 e. The average molecular weight is 389 g/mol. The molecule has 2 aromatic carbocycles. The molecule has 3 aromatic rings. The van der Waals surface area contributed by atoms with Gasteiger partial charge in [-0.25, -0.2) is 14.5 Å². The molecule has 0 fully saturated rings. The summed E-state index contributed by atoms with van der Waals surface area (Å²) >= 11 is 0. The predicted molar refractivity (Wildman–Crippen MR) is 96.1 cm³/mol. The fourth-order valence-electron chi connectivity index (χ4n) is 2.55. The van der Waals surface area contributed by atoms with E-state index in [0.29, 0.717) is 18.7 Å². The molecule has 0 aliphatic rings. The molecule has 28 heavy (non-hydrogen) atoms. The van der Waals surface area contributed by atoms with Gasteiger partial charge in [0.1, 0.15) is 12.7 Å². The van der Waals surface area contributed by atoms with Gasteiger partial charge in [0.15, 0.2) is 0 Å². The molecule has 6 nitrogen and oxygen atoms in total. The number of carbonyl (C=O) groups excluding carboxylic acids is 1. The van der Waals surface area contributed by atoms with Crippen LogP contribution in [0.15, 0.2) is 61.2 Å². The fraction of sp³-hybridized carbons (Fsp3) is 0.211. The molecule has 0 radical (unpaired) electrons. The van der Waals surface area contributed by atoms with Crippen molar-refractivity contribution in [1.29, 1.82) is 0 Å². The molecule has 2 N–H and O–H groups in total. The van der Waals surface area contributed by atoms with E-state index < -0.39 is 17.8 Å². The maximum absolute atomic E-state index is 12.7. The van der Waals surface area contributed by atoms with Crippen molar-refractivity contribution in [3.8, 4) is 0 Å². The second-order valence-electron chi connectivity index (χ2n) is 6.14.